The molecule has 2 N–H and O–H groups in total. The van der Waals surface area contributed by atoms with Crippen LogP contribution in [0.3, 0.4) is 0 Å². The van der Waals surface area contributed by atoms with E-state index in [0.717, 1.165) is 11.0 Å². The van der Waals surface area contributed by atoms with E-state index < -0.39 is 9.84 Å². The number of carbonyl (C=O) groups excluding carboxylic acids is 1. The molecule has 6 nitrogen and oxygen atoms in total. The highest BCUT2D eigenvalue weighted by Crippen LogP contribution is 2.25. The molecule has 108 valence electrons. The van der Waals surface area contributed by atoms with Crippen LogP contribution in [0.1, 0.15) is 6.92 Å². The number of thiazole rings is 1. The summed E-state index contributed by atoms with van der Waals surface area (Å²) < 4.78 is 30.3. The number of carbonyl (C=O) groups is 1. The van der Waals surface area contributed by atoms with Gasteiger partial charge in [-0.25, -0.2) is 17.8 Å². The predicted molar refractivity (Wildman–Crippen MR) is 76.2 cm³/mol. The van der Waals surface area contributed by atoms with Crippen LogP contribution in [0, 0.1) is 0 Å². The van der Waals surface area contributed by atoms with Crippen LogP contribution in [0.25, 0.3) is 10.2 Å². The maximum Gasteiger partial charge on any atom is 0.348 e. The summed E-state index contributed by atoms with van der Waals surface area (Å²) in [6, 6.07) is 4.72. The largest absolute Gasteiger partial charge is 0.463 e. The van der Waals surface area contributed by atoms with Gasteiger partial charge in [0.15, 0.2) is 16.4 Å². The van der Waals surface area contributed by atoms with E-state index in [-0.39, 0.29) is 17.4 Å². The number of aromatic nitrogens is 1. The molecule has 0 unspecified atom stereocenters. The summed E-state index contributed by atoms with van der Waals surface area (Å²) in [4.78, 5) is 11.8. The van der Waals surface area contributed by atoms with Gasteiger partial charge < -0.3 is 4.74 Å². The Morgan fingerprint density at radius 1 is 1.45 bits per heavy atom. The van der Waals surface area contributed by atoms with Crippen LogP contribution in [-0.4, -0.2) is 27.2 Å². The van der Waals surface area contributed by atoms with Gasteiger partial charge >= 0.3 is 11.1 Å². The van der Waals surface area contributed by atoms with E-state index in [4.69, 9.17) is 10.5 Å². The highest BCUT2D eigenvalue weighted by atomic mass is 32.2. The zero-order chi connectivity index (χ0) is 14.9. The van der Waals surface area contributed by atoms with Crippen LogP contribution >= 0.6 is 11.3 Å². The molecule has 2 rings (SSSR count). The maximum atomic E-state index is 11.5. The Bertz CT molecular complexity index is 765. The lowest BCUT2D eigenvalue weighted by Gasteiger charge is -2.01. The first-order chi connectivity index (χ1) is 9.32. The van der Waals surface area contributed by atoms with E-state index in [2.05, 4.69) is 0 Å². The molecular weight excluding hydrogens is 300 g/mol. The molecule has 0 aliphatic carbocycles. The van der Waals surface area contributed by atoms with Gasteiger partial charge in [-0.2, -0.15) is 0 Å². The fourth-order valence-electron chi connectivity index (χ4n) is 1.82. The van der Waals surface area contributed by atoms with Crippen molar-refractivity contribution in [3.63, 3.8) is 0 Å². The Morgan fingerprint density at radius 2 is 2.15 bits per heavy atom. The van der Waals surface area contributed by atoms with Gasteiger partial charge in [0.05, 0.1) is 16.2 Å². The fraction of sp³-hybridized carbons (Fsp3) is 0.333. The predicted octanol–water partition coefficient (Wildman–Crippen LogP) is 0.738. The number of sulfone groups is 1. The normalized spacial score (nSPS) is 11.7. The van der Waals surface area contributed by atoms with Gasteiger partial charge in [-0.15, -0.1) is 0 Å². The monoisotopic (exact) mass is 315 g/mol. The van der Waals surface area contributed by atoms with Crippen LogP contribution < -0.4 is 10.3 Å². The van der Waals surface area contributed by atoms with E-state index >= 15 is 0 Å². The quantitative estimate of drug-likeness (QED) is 0.664. The van der Waals surface area contributed by atoms with Crippen molar-refractivity contribution < 1.29 is 22.5 Å². The zero-order valence-corrected chi connectivity index (χ0v) is 12.8. The van der Waals surface area contributed by atoms with Gasteiger partial charge in [0, 0.05) is 6.26 Å². The Labute approximate surface area is 120 Å². The molecule has 0 bridgehead atoms. The molecule has 0 spiro atoms. The summed E-state index contributed by atoms with van der Waals surface area (Å²) in [6.45, 7) is 2.05. The minimum absolute atomic E-state index is 0.0118. The number of nitrogens with two attached hydrogens (primary N) is 1. The van der Waals surface area contributed by atoms with Crippen LogP contribution in [0.5, 0.6) is 0 Å². The Morgan fingerprint density at radius 3 is 2.75 bits per heavy atom. The van der Waals surface area contributed by atoms with Crippen molar-refractivity contribution in [1.82, 2.24) is 0 Å². The summed E-state index contributed by atoms with van der Waals surface area (Å²) in [5.41, 5.74) is 6.60. The third-order valence-electron chi connectivity index (χ3n) is 2.72. The molecule has 20 heavy (non-hydrogen) atoms. The van der Waals surface area contributed by atoms with Gasteiger partial charge in [-0.05, 0) is 36.5 Å². The molecule has 0 radical (unpaired) electrons. The van der Waals surface area contributed by atoms with E-state index in [1.165, 1.54) is 17.4 Å². The Balaban J connectivity index is 2.48. The second-order valence-corrected chi connectivity index (χ2v) is 7.31. The molecular formula is C12H15N2O4S2+. The lowest BCUT2D eigenvalue weighted by molar-refractivity contribution is -0.641. The van der Waals surface area contributed by atoms with Crippen LogP contribution in [0.2, 0.25) is 0 Å². The van der Waals surface area contributed by atoms with Crippen LogP contribution in [-0.2, 0) is 25.9 Å². The topological polar surface area (TPSA) is 90.3 Å². The number of esters is 1. The number of anilines is 1. The number of fused-ring (bicyclic) bond motifs is 1. The molecule has 0 saturated carbocycles. The van der Waals surface area contributed by atoms with Crippen molar-refractivity contribution in [3.8, 4) is 0 Å². The number of nitrogen functional groups attached to an aromatic ring is 1. The lowest BCUT2D eigenvalue weighted by Crippen LogP contribution is -2.39. The highest BCUT2D eigenvalue weighted by molar-refractivity contribution is 7.90. The Kier molecular flexibility index (Phi) is 3.96. The fourth-order valence-corrected chi connectivity index (χ4v) is 3.50. The molecule has 1 heterocycles. The van der Waals surface area contributed by atoms with E-state index in [1.54, 1.807) is 23.6 Å². The van der Waals surface area contributed by atoms with Gasteiger partial charge in [0.1, 0.15) is 5.52 Å². The van der Waals surface area contributed by atoms with Crippen molar-refractivity contribution in [2.75, 3.05) is 18.6 Å². The van der Waals surface area contributed by atoms with Crippen molar-refractivity contribution in [3.05, 3.63) is 18.2 Å². The van der Waals surface area contributed by atoms with E-state index in [9.17, 15) is 13.2 Å². The van der Waals surface area contributed by atoms with Gasteiger partial charge in [-0.1, -0.05) is 0 Å². The molecule has 8 heteroatoms. The lowest BCUT2D eigenvalue weighted by atomic mass is 10.3. The third kappa shape index (κ3) is 2.91. The van der Waals surface area contributed by atoms with Crippen molar-refractivity contribution in [2.24, 2.45) is 0 Å². The van der Waals surface area contributed by atoms with E-state index in [0.29, 0.717) is 17.3 Å². The SMILES string of the molecule is CCOC(=O)C[n+]1c(N)sc2cc(S(C)(=O)=O)ccc21. The Hall–Kier alpha value is -1.67. The van der Waals surface area contributed by atoms with Crippen molar-refractivity contribution in [1.29, 1.82) is 0 Å². The first kappa shape index (κ1) is 14.7. The maximum absolute atomic E-state index is 11.5. The standard InChI is InChI=1S/C12H14N2O4S2/c1-3-18-11(15)7-14-9-5-4-8(20(2,16)17)6-10(9)19-12(14)13/h4-6,13H,3,7H2,1-2H3/p+1. The molecule has 0 fully saturated rings. The number of ether oxygens (including phenoxy) is 1. The first-order valence-electron chi connectivity index (χ1n) is 5.90. The van der Waals surface area contributed by atoms with Crippen LogP contribution in [0.4, 0.5) is 5.13 Å². The minimum atomic E-state index is -3.26. The number of rotatable bonds is 4. The summed E-state index contributed by atoms with van der Waals surface area (Å²) in [6.07, 6.45) is 1.15. The van der Waals surface area contributed by atoms with E-state index in [1.807, 2.05) is 0 Å². The third-order valence-corrected chi connectivity index (χ3v) is 4.81. The molecule has 2 aromatic rings. The van der Waals surface area contributed by atoms with Gasteiger partial charge in [-0.3, -0.25) is 5.73 Å². The minimum Gasteiger partial charge on any atom is -0.463 e. The smallest absolute Gasteiger partial charge is 0.348 e. The molecule has 0 aliphatic heterocycles. The second-order valence-electron chi connectivity index (χ2n) is 4.23. The summed E-state index contributed by atoms with van der Waals surface area (Å²) in [7, 11) is -3.26. The average molecular weight is 315 g/mol. The zero-order valence-electron chi connectivity index (χ0n) is 11.1. The average Bonchev–Trinajstić information content (AvgIpc) is 2.64. The highest BCUT2D eigenvalue weighted by Gasteiger charge is 2.20. The number of benzene rings is 1. The molecule has 0 atom stereocenters. The van der Waals surface area contributed by atoms with Crippen molar-refractivity contribution >= 4 is 42.5 Å². The number of nitrogens with zero attached hydrogens (tertiary/aromatic N) is 1. The van der Waals surface area contributed by atoms with Gasteiger partial charge in [0.25, 0.3) is 0 Å². The summed E-state index contributed by atoms with van der Waals surface area (Å²) in [5, 5.41) is 0.429. The molecule has 0 aliphatic rings. The summed E-state index contributed by atoms with van der Waals surface area (Å²) in [5.74, 6) is -0.379. The first-order valence-corrected chi connectivity index (χ1v) is 8.61. The molecule has 1 aromatic carbocycles. The molecule has 0 amide bonds. The number of hydrogen-bond acceptors (Lipinski definition) is 6. The van der Waals surface area contributed by atoms with Crippen LogP contribution in [0.15, 0.2) is 23.1 Å². The second kappa shape index (κ2) is 5.37. The molecule has 0 saturated heterocycles. The molecule has 1 aromatic heterocycles. The summed E-state index contributed by atoms with van der Waals surface area (Å²) >= 11 is 1.24. The number of hydrogen-bond donors (Lipinski definition) is 1. The van der Waals surface area contributed by atoms with Gasteiger partial charge in [0.2, 0.25) is 0 Å². The van der Waals surface area contributed by atoms with Crippen molar-refractivity contribution in [2.45, 2.75) is 18.4 Å².